The molecular formula is C34H33F4N5O3. The van der Waals surface area contributed by atoms with Crippen molar-refractivity contribution in [2.24, 2.45) is 5.73 Å². The predicted octanol–water partition coefficient (Wildman–Crippen LogP) is 5.29. The maximum Gasteiger partial charge on any atom is 0.416 e. The smallest absolute Gasteiger partial charge is 0.416 e. The Morgan fingerprint density at radius 2 is 1.59 bits per heavy atom. The number of fused-ring (bicyclic) bond motifs is 1. The lowest BCUT2D eigenvalue weighted by atomic mass is 10.1. The van der Waals surface area contributed by atoms with E-state index in [1.165, 1.54) is 6.92 Å². The average Bonchev–Trinajstić information content (AvgIpc) is 3.53. The number of halogens is 4. The van der Waals surface area contributed by atoms with E-state index in [1.54, 1.807) is 36.6 Å². The average molecular weight is 636 g/mol. The van der Waals surface area contributed by atoms with Crippen molar-refractivity contribution >= 4 is 16.7 Å². The van der Waals surface area contributed by atoms with Gasteiger partial charge in [0.05, 0.1) is 24.9 Å². The largest absolute Gasteiger partial charge is 0.464 e. The molecule has 46 heavy (non-hydrogen) atoms. The first kappa shape index (κ1) is 31.3. The first-order valence-corrected chi connectivity index (χ1v) is 14.9. The molecule has 8 nitrogen and oxygen atoms in total. The van der Waals surface area contributed by atoms with Crippen LogP contribution in [-0.2, 0) is 25.8 Å². The maximum absolute atomic E-state index is 15.0. The highest BCUT2D eigenvalue weighted by Gasteiger charge is 2.35. The van der Waals surface area contributed by atoms with Crippen molar-refractivity contribution in [2.75, 3.05) is 31.1 Å². The molecule has 2 aromatic heterocycles. The lowest BCUT2D eigenvalue weighted by Crippen LogP contribution is -2.51. The van der Waals surface area contributed by atoms with E-state index in [4.69, 9.17) is 10.2 Å². The van der Waals surface area contributed by atoms with Crippen LogP contribution in [0.5, 0.6) is 0 Å². The Morgan fingerprint density at radius 1 is 0.870 bits per heavy atom. The van der Waals surface area contributed by atoms with Crippen molar-refractivity contribution in [1.82, 2.24) is 14.0 Å². The third-order valence-corrected chi connectivity index (χ3v) is 8.67. The van der Waals surface area contributed by atoms with E-state index in [9.17, 15) is 27.2 Å². The van der Waals surface area contributed by atoms with Crippen LogP contribution >= 0.6 is 0 Å². The number of rotatable bonds is 8. The van der Waals surface area contributed by atoms with Gasteiger partial charge in [0.2, 0.25) is 0 Å². The Labute approximate surface area is 261 Å². The van der Waals surface area contributed by atoms with Crippen LogP contribution in [0.1, 0.15) is 34.0 Å². The molecule has 2 N–H and O–H groups in total. The van der Waals surface area contributed by atoms with Gasteiger partial charge in [0.1, 0.15) is 17.1 Å². The minimum atomic E-state index is -4.85. The molecule has 0 spiro atoms. The van der Waals surface area contributed by atoms with Gasteiger partial charge in [0, 0.05) is 55.4 Å². The summed E-state index contributed by atoms with van der Waals surface area (Å²) >= 11 is 0. The molecule has 1 aliphatic rings. The third-order valence-electron chi connectivity index (χ3n) is 8.67. The van der Waals surface area contributed by atoms with Gasteiger partial charge < -0.3 is 15.1 Å². The molecule has 0 aliphatic carbocycles. The summed E-state index contributed by atoms with van der Waals surface area (Å²) in [4.78, 5) is 32.0. The van der Waals surface area contributed by atoms with Crippen LogP contribution in [-0.4, -0.2) is 40.2 Å². The molecule has 0 unspecified atom stereocenters. The highest BCUT2D eigenvalue weighted by Crippen LogP contribution is 2.34. The van der Waals surface area contributed by atoms with Crippen LogP contribution < -0.4 is 21.9 Å². The van der Waals surface area contributed by atoms with Gasteiger partial charge >= 0.3 is 11.9 Å². The molecule has 0 bridgehead atoms. The van der Waals surface area contributed by atoms with Gasteiger partial charge in [0.25, 0.3) is 5.56 Å². The number of aromatic nitrogens is 2. The van der Waals surface area contributed by atoms with Gasteiger partial charge in [0.15, 0.2) is 0 Å². The second-order valence-electron chi connectivity index (χ2n) is 11.5. The van der Waals surface area contributed by atoms with Crippen LogP contribution in [0.4, 0.5) is 23.2 Å². The molecule has 0 radical (unpaired) electrons. The number of benzene rings is 3. The minimum Gasteiger partial charge on any atom is -0.464 e. The van der Waals surface area contributed by atoms with E-state index in [1.807, 2.05) is 29.2 Å². The second-order valence-corrected chi connectivity index (χ2v) is 11.5. The molecule has 0 amide bonds. The Bertz CT molecular complexity index is 1980. The zero-order chi connectivity index (χ0) is 32.6. The summed E-state index contributed by atoms with van der Waals surface area (Å²) in [7, 11) is 0. The summed E-state index contributed by atoms with van der Waals surface area (Å²) in [5, 5.41) is 1.02. The van der Waals surface area contributed by atoms with Crippen LogP contribution in [0, 0.1) is 12.7 Å². The number of anilines is 1. The number of piperazine rings is 1. The number of alkyl halides is 3. The van der Waals surface area contributed by atoms with E-state index >= 15 is 0 Å². The molecule has 12 heteroatoms. The first-order chi connectivity index (χ1) is 22.0. The van der Waals surface area contributed by atoms with E-state index in [-0.39, 0.29) is 17.9 Å². The van der Waals surface area contributed by atoms with Crippen LogP contribution in [0.2, 0.25) is 0 Å². The Kier molecular flexibility index (Phi) is 8.58. The van der Waals surface area contributed by atoms with Crippen LogP contribution in [0.25, 0.3) is 11.0 Å². The van der Waals surface area contributed by atoms with Crippen molar-refractivity contribution in [2.45, 2.75) is 38.8 Å². The molecule has 1 atom stereocenters. The number of nitrogens with two attached hydrogens (primary N) is 1. The number of hydrogen-bond acceptors (Lipinski definition) is 6. The van der Waals surface area contributed by atoms with Gasteiger partial charge in [-0.05, 0) is 42.3 Å². The van der Waals surface area contributed by atoms with E-state index in [0.717, 1.165) is 43.9 Å². The SMILES string of the molecule is Cc1c(N2CCN(Cc3cccc4occc34)CC2)c(=O)n(C[C@H](N)c2ccccc2)c(=O)n1Cc1c(F)cccc1C(F)(F)F. The monoisotopic (exact) mass is 635 g/mol. The molecule has 240 valence electrons. The van der Waals surface area contributed by atoms with E-state index < -0.39 is 47.0 Å². The van der Waals surface area contributed by atoms with Gasteiger partial charge in [-0.3, -0.25) is 18.8 Å². The fraction of sp³-hybridized carbons (Fsp3) is 0.294. The van der Waals surface area contributed by atoms with E-state index in [2.05, 4.69) is 4.90 Å². The molecule has 1 saturated heterocycles. The van der Waals surface area contributed by atoms with E-state index in [0.29, 0.717) is 38.3 Å². The summed E-state index contributed by atoms with van der Waals surface area (Å²) in [6, 6.07) is 18.6. The summed E-state index contributed by atoms with van der Waals surface area (Å²) < 4.78 is 64.3. The van der Waals surface area contributed by atoms with Crippen molar-refractivity contribution in [3.05, 3.63) is 134 Å². The molecular weight excluding hydrogens is 602 g/mol. The topological polar surface area (TPSA) is 89.6 Å². The fourth-order valence-electron chi connectivity index (χ4n) is 6.21. The van der Waals surface area contributed by atoms with Gasteiger partial charge in [-0.1, -0.05) is 48.5 Å². The van der Waals surface area contributed by atoms with Crippen molar-refractivity contribution in [3.63, 3.8) is 0 Å². The third kappa shape index (κ3) is 6.10. The standard InChI is InChI=1S/C34H33F4N5O3/c1-22-31(41-16-14-40(15-17-41)19-24-9-5-12-30-25(24)13-18-46-30)32(44)43(21-29(39)23-7-3-2-4-8-23)33(45)42(22)20-26-27(34(36,37)38)10-6-11-28(26)35/h2-13,18,29H,14-17,19-21,39H2,1H3/t29-/m0/s1. The molecule has 1 fully saturated rings. The minimum absolute atomic E-state index is 0.160. The normalized spacial score (nSPS) is 15.0. The summed E-state index contributed by atoms with van der Waals surface area (Å²) in [5.41, 5.74) is 6.03. The van der Waals surface area contributed by atoms with Crippen LogP contribution in [0.3, 0.4) is 0 Å². The number of hydrogen-bond donors (Lipinski definition) is 1. The summed E-state index contributed by atoms with van der Waals surface area (Å²) in [6.07, 6.45) is -3.20. The number of furan rings is 1. The number of nitrogens with zero attached hydrogens (tertiary/aromatic N) is 4. The predicted molar refractivity (Wildman–Crippen MR) is 167 cm³/mol. The second kappa shape index (κ2) is 12.6. The quantitative estimate of drug-likeness (QED) is 0.233. The zero-order valence-electron chi connectivity index (χ0n) is 25.1. The molecule has 3 heterocycles. The lowest BCUT2D eigenvalue weighted by Gasteiger charge is -2.37. The Balaban J connectivity index is 1.36. The summed E-state index contributed by atoms with van der Waals surface area (Å²) in [5.74, 6) is -1.09. The first-order valence-electron chi connectivity index (χ1n) is 14.9. The molecule has 6 rings (SSSR count). The molecule has 0 saturated carbocycles. The van der Waals surface area contributed by atoms with Gasteiger partial charge in [-0.25, -0.2) is 9.18 Å². The highest BCUT2D eigenvalue weighted by molar-refractivity contribution is 5.80. The zero-order valence-corrected chi connectivity index (χ0v) is 25.1. The fourth-order valence-corrected chi connectivity index (χ4v) is 6.21. The van der Waals surface area contributed by atoms with Crippen molar-refractivity contribution < 1.29 is 22.0 Å². The van der Waals surface area contributed by atoms with Gasteiger partial charge in [-0.2, -0.15) is 13.2 Å². The van der Waals surface area contributed by atoms with Crippen molar-refractivity contribution in [3.8, 4) is 0 Å². The van der Waals surface area contributed by atoms with Crippen molar-refractivity contribution in [1.29, 1.82) is 0 Å². The Hall–Kier alpha value is -4.68. The van der Waals surface area contributed by atoms with Gasteiger partial charge in [-0.15, -0.1) is 0 Å². The molecule has 1 aliphatic heterocycles. The maximum atomic E-state index is 15.0. The summed E-state index contributed by atoms with van der Waals surface area (Å²) in [6.45, 7) is 3.26. The highest BCUT2D eigenvalue weighted by atomic mass is 19.4. The lowest BCUT2D eigenvalue weighted by molar-refractivity contribution is -0.138. The molecule has 3 aromatic carbocycles. The molecule has 5 aromatic rings. The Morgan fingerprint density at radius 3 is 2.30 bits per heavy atom. The van der Waals surface area contributed by atoms with Crippen LogP contribution in [0.15, 0.2) is 93.1 Å².